The first-order valence-corrected chi connectivity index (χ1v) is 7.31. The van der Waals surface area contributed by atoms with E-state index in [-0.39, 0.29) is 0 Å². The normalized spacial score (nSPS) is 10.1. The van der Waals surface area contributed by atoms with Crippen molar-refractivity contribution in [2.24, 2.45) is 0 Å². The van der Waals surface area contributed by atoms with Crippen LogP contribution < -0.4 is 4.90 Å². The second-order valence-corrected chi connectivity index (χ2v) is 5.38. The lowest BCUT2D eigenvalue weighted by atomic mass is 10.1. The second kappa shape index (κ2) is 6.53. The van der Waals surface area contributed by atoms with Gasteiger partial charge in [0.15, 0.2) is 0 Å². The highest BCUT2D eigenvalue weighted by Gasteiger charge is 2.13. The largest absolute Gasteiger partial charge is 0.365 e. The van der Waals surface area contributed by atoms with Gasteiger partial charge in [0.25, 0.3) is 0 Å². The summed E-state index contributed by atoms with van der Waals surface area (Å²) in [6, 6.07) is 14.1. The number of pyridine rings is 1. The number of hydrogen-bond donors (Lipinski definition) is 0. The van der Waals surface area contributed by atoms with E-state index in [9.17, 15) is 5.26 Å². The van der Waals surface area contributed by atoms with Crippen LogP contribution in [0.15, 0.2) is 40.9 Å². The van der Waals surface area contributed by atoms with Crippen LogP contribution in [0.4, 0.5) is 5.69 Å². The molecule has 1 aromatic heterocycles. The summed E-state index contributed by atoms with van der Waals surface area (Å²) in [5, 5.41) is 9.33. The van der Waals surface area contributed by atoms with Gasteiger partial charge in [0.05, 0.1) is 23.5 Å². The van der Waals surface area contributed by atoms with Crippen LogP contribution in [0.1, 0.15) is 23.9 Å². The van der Waals surface area contributed by atoms with Crippen molar-refractivity contribution < 1.29 is 0 Å². The minimum Gasteiger partial charge on any atom is -0.365 e. The maximum atomic E-state index is 9.33. The van der Waals surface area contributed by atoms with E-state index in [2.05, 4.69) is 38.8 Å². The van der Waals surface area contributed by atoms with Crippen molar-refractivity contribution in [3.8, 4) is 6.07 Å². The molecule has 4 heteroatoms. The number of anilines is 1. The summed E-state index contributed by atoms with van der Waals surface area (Å²) in [6.07, 6.45) is 0. The number of hydrogen-bond acceptors (Lipinski definition) is 3. The number of nitriles is 1. The first kappa shape index (κ1) is 14.5. The van der Waals surface area contributed by atoms with Gasteiger partial charge in [-0.3, -0.25) is 4.98 Å². The average Bonchev–Trinajstić information content (AvgIpc) is 2.44. The Morgan fingerprint density at radius 2 is 2.00 bits per heavy atom. The summed E-state index contributed by atoms with van der Waals surface area (Å²) < 4.78 is 0.827. The van der Waals surface area contributed by atoms with Crippen LogP contribution in [0.2, 0.25) is 0 Å². The highest BCUT2D eigenvalue weighted by Crippen LogP contribution is 2.27. The number of aromatic nitrogens is 1. The maximum Gasteiger partial charge on any atom is 0.103 e. The Balaban J connectivity index is 2.34. The topological polar surface area (TPSA) is 39.9 Å². The molecule has 0 saturated carbocycles. The van der Waals surface area contributed by atoms with Crippen LogP contribution in [-0.2, 0) is 6.54 Å². The fourth-order valence-electron chi connectivity index (χ4n) is 2.14. The van der Waals surface area contributed by atoms with Gasteiger partial charge in [-0.2, -0.15) is 5.26 Å². The first-order chi connectivity index (χ1) is 9.65. The fourth-order valence-corrected chi connectivity index (χ4v) is 2.58. The highest BCUT2D eigenvalue weighted by molar-refractivity contribution is 9.10. The highest BCUT2D eigenvalue weighted by atomic mass is 79.9. The Hall–Kier alpha value is -1.86. The van der Waals surface area contributed by atoms with E-state index in [1.807, 2.05) is 43.3 Å². The Kier molecular flexibility index (Phi) is 4.75. The van der Waals surface area contributed by atoms with E-state index in [1.165, 1.54) is 0 Å². The lowest BCUT2D eigenvalue weighted by molar-refractivity contribution is 0.804. The maximum absolute atomic E-state index is 9.33. The number of rotatable bonds is 4. The molecule has 0 aliphatic rings. The lowest BCUT2D eigenvalue weighted by Crippen LogP contribution is -2.23. The number of benzene rings is 1. The van der Waals surface area contributed by atoms with Gasteiger partial charge in [-0.25, -0.2) is 0 Å². The van der Waals surface area contributed by atoms with Crippen molar-refractivity contribution in [1.29, 1.82) is 5.26 Å². The summed E-state index contributed by atoms with van der Waals surface area (Å²) in [6.45, 7) is 5.58. The minimum atomic E-state index is 0.669. The zero-order chi connectivity index (χ0) is 14.5. The van der Waals surface area contributed by atoms with Gasteiger partial charge in [-0.05, 0) is 54.0 Å². The van der Waals surface area contributed by atoms with Gasteiger partial charge < -0.3 is 4.90 Å². The molecule has 2 aromatic rings. The quantitative estimate of drug-likeness (QED) is 0.849. The predicted octanol–water partition coefficient (Wildman–Crippen LogP) is 4.05. The molecule has 0 radical (unpaired) electrons. The van der Waals surface area contributed by atoms with Crippen LogP contribution in [0.3, 0.4) is 0 Å². The standard InChI is InChI=1S/C16H16BrN3/c1-3-20(11-13-7-4-6-12(2)19-13)16-9-5-8-15(17)14(16)10-18/h4-9H,3,11H2,1-2H3. The molecule has 102 valence electrons. The Labute approximate surface area is 128 Å². The number of aryl methyl sites for hydroxylation is 1. The van der Waals surface area contributed by atoms with Crippen molar-refractivity contribution in [3.05, 3.63) is 57.8 Å². The molecular weight excluding hydrogens is 314 g/mol. The Morgan fingerprint density at radius 1 is 1.25 bits per heavy atom. The monoisotopic (exact) mass is 329 g/mol. The molecule has 0 spiro atoms. The SMILES string of the molecule is CCN(Cc1cccc(C)n1)c1cccc(Br)c1C#N. The third-order valence-electron chi connectivity index (χ3n) is 3.12. The van der Waals surface area contributed by atoms with Crippen LogP contribution in [0.5, 0.6) is 0 Å². The van der Waals surface area contributed by atoms with Crippen LogP contribution >= 0.6 is 15.9 Å². The molecule has 0 saturated heterocycles. The molecule has 0 aliphatic carbocycles. The molecule has 1 aromatic carbocycles. The van der Waals surface area contributed by atoms with Gasteiger partial charge in [-0.15, -0.1) is 0 Å². The van der Waals surface area contributed by atoms with Gasteiger partial charge >= 0.3 is 0 Å². The van der Waals surface area contributed by atoms with Crippen LogP contribution in [0, 0.1) is 18.3 Å². The molecule has 3 nitrogen and oxygen atoms in total. The van der Waals surface area contributed by atoms with E-state index >= 15 is 0 Å². The summed E-state index contributed by atoms with van der Waals surface area (Å²) in [4.78, 5) is 6.69. The van der Waals surface area contributed by atoms with Gasteiger partial charge in [0.1, 0.15) is 6.07 Å². The zero-order valence-electron chi connectivity index (χ0n) is 11.6. The summed E-state index contributed by atoms with van der Waals surface area (Å²) in [5.41, 5.74) is 3.62. The van der Waals surface area contributed by atoms with Crippen molar-refractivity contribution in [3.63, 3.8) is 0 Å². The number of nitrogens with zero attached hydrogens (tertiary/aromatic N) is 3. The Bertz CT molecular complexity index is 646. The molecule has 0 amide bonds. The summed E-state index contributed by atoms with van der Waals surface area (Å²) in [5.74, 6) is 0. The van der Waals surface area contributed by atoms with Gasteiger partial charge in [0, 0.05) is 16.7 Å². The van der Waals surface area contributed by atoms with E-state index in [0.717, 1.165) is 28.1 Å². The Morgan fingerprint density at radius 3 is 2.65 bits per heavy atom. The van der Waals surface area contributed by atoms with E-state index in [4.69, 9.17) is 0 Å². The van der Waals surface area contributed by atoms with Gasteiger partial charge in [-0.1, -0.05) is 12.1 Å². The van der Waals surface area contributed by atoms with Gasteiger partial charge in [0.2, 0.25) is 0 Å². The van der Waals surface area contributed by atoms with E-state index < -0.39 is 0 Å². The molecule has 0 aliphatic heterocycles. The van der Waals surface area contributed by atoms with Crippen molar-refractivity contribution in [2.45, 2.75) is 20.4 Å². The second-order valence-electron chi connectivity index (χ2n) is 4.53. The van der Waals surface area contributed by atoms with Crippen LogP contribution in [-0.4, -0.2) is 11.5 Å². The summed E-state index contributed by atoms with van der Waals surface area (Å²) >= 11 is 3.44. The zero-order valence-corrected chi connectivity index (χ0v) is 13.2. The smallest absolute Gasteiger partial charge is 0.103 e. The van der Waals surface area contributed by atoms with E-state index in [0.29, 0.717) is 12.1 Å². The molecule has 20 heavy (non-hydrogen) atoms. The third-order valence-corrected chi connectivity index (χ3v) is 3.79. The average molecular weight is 330 g/mol. The predicted molar refractivity (Wildman–Crippen MR) is 84.6 cm³/mol. The third kappa shape index (κ3) is 3.17. The molecule has 0 unspecified atom stereocenters. The minimum absolute atomic E-state index is 0.669. The fraction of sp³-hybridized carbons (Fsp3) is 0.250. The molecular formula is C16H16BrN3. The molecule has 0 bridgehead atoms. The van der Waals surface area contributed by atoms with Crippen molar-refractivity contribution in [1.82, 2.24) is 4.98 Å². The molecule has 1 heterocycles. The molecule has 0 atom stereocenters. The van der Waals surface area contributed by atoms with Crippen LogP contribution in [0.25, 0.3) is 0 Å². The molecule has 2 rings (SSSR count). The number of halogens is 1. The lowest BCUT2D eigenvalue weighted by Gasteiger charge is -2.24. The summed E-state index contributed by atoms with van der Waals surface area (Å²) in [7, 11) is 0. The molecule has 0 fully saturated rings. The van der Waals surface area contributed by atoms with Crippen molar-refractivity contribution >= 4 is 21.6 Å². The van der Waals surface area contributed by atoms with E-state index in [1.54, 1.807) is 0 Å². The molecule has 0 N–H and O–H groups in total. The van der Waals surface area contributed by atoms with Crippen molar-refractivity contribution in [2.75, 3.05) is 11.4 Å². The first-order valence-electron chi connectivity index (χ1n) is 6.51.